The van der Waals surface area contributed by atoms with E-state index in [1.54, 1.807) is 18.2 Å². The molecule has 2 aromatic rings. The van der Waals surface area contributed by atoms with E-state index in [1.807, 2.05) is 0 Å². The Morgan fingerprint density at radius 3 is 2.40 bits per heavy atom. The first-order valence-electron chi connectivity index (χ1n) is 5.40. The molecule has 0 aliphatic carbocycles. The van der Waals surface area contributed by atoms with Crippen molar-refractivity contribution in [1.29, 1.82) is 0 Å². The van der Waals surface area contributed by atoms with E-state index in [-0.39, 0.29) is 15.1 Å². The predicted molar refractivity (Wildman–Crippen MR) is 87.4 cm³/mol. The van der Waals surface area contributed by atoms with Gasteiger partial charge in [0.15, 0.2) is 0 Å². The standard InChI is InChI=1S/C13H8Br2F2N2S/c14-6-2-1-3-10(12(6)13(18)20)19-11-4-7(15)8(16)5-9(11)17/h1-5,19H,(H2,18,20). The first-order valence-corrected chi connectivity index (χ1v) is 7.39. The Morgan fingerprint density at radius 2 is 1.75 bits per heavy atom. The van der Waals surface area contributed by atoms with Crippen molar-refractivity contribution >= 4 is 60.4 Å². The highest BCUT2D eigenvalue weighted by Gasteiger charge is 2.13. The van der Waals surface area contributed by atoms with E-state index < -0.39 is 11.6 Å². The maximum atomic E-state index is 13.8. The maximum absolute atomic E-state index is 13.8. The van der Waals surface area contributed by atoms with Crippen molar-refractivity contribution in [3.8, 4) is 0 Å². The van der Waals surface area contributed by atoms with Crippen molar-refractivity contribution in [2.75, 3.05) is 5.32 Å². The SMILES string of the molecule is NC(=S)c1c(Br)cccc1Nc1cc(Br)c(F)cc1F. The molecule has 0 fully saturated rings. The third-order valence-corrected chi connectivity index (χ3v) is 4.01. The lowest BCUT2D eigenvalue weighted by Crippen LogP contribution is -2.13. The number of nitrogens with two attached hydrogens (primary N) is 1. The minimum absolute atomic E-state index is 0.119. The second-order valence-electron chi connectivity index (χ2n) is 3.90. The van der Waals surface area contributed by atoms with Crippen LogP contribution in [0.5, 0.6) is 0 Å². The number of rotatable bonds is 3. The minimum Gasteiger partial charge on any atom is -0.389 e. The molecule has 7 heteroatoms. The van der Waals surface area contributed by atoms with Crippen LogP contribution in [0.2, 0.25) is 0 Å². The molecule has 0 amide bonds. The average Bonchev–Trinajstić information content (AvgIpc) is 2.35. The lowest BCUT2D eigenvalue weighted by molar-refractivity contribution is 0.581. The average molecular weight is 422 g/mol. The molecule has 2 nitrogen and oxygen atoms in total. The fraction of sp³-hybridized carbons (Fsp3) is 0. The monoisotopic (exact) mass is 420 g/mol. The highest BCUT2D eigenvalue weighted by atomic mass is 79.9. The summed E-state index contributed by atoms with van der Waals surface area (Å²) in [6.07, 6.45) is 0. The molecule has 0 atom stereocenters. The summed E-state index contributed by atoms with van der Waals surface area (Å²) in [6, 6.07) is 7.34. The molecule has 0 radical (unpaired) electrons. The van der Waals surface area contributed by atoms with Gasteiger partial charge in [-0.25, -0.2) is 8.78 Å². The molecule has 0 saturated carbocycles. The van der Waals surface area contributed by atoms with Gasteiger partial charge in [0.1, 0.15) is 16.6 Å². The third kappa shape index (κ3) is 3.16. The van der Waals surface area contributed by atoms with Gasteiger partial charge in [0.25, 0.3) is 0 Å². The van der Waals surface area contributed by atoms with Crippen molar-refractivity contribution in [2.24, 2.45) is 5.73 Å². The number of hydrogen-bond acceptors (Lipinski definition) is 2. The molecule has 104 valence electrons. The van der Waals surface area contributed by atoms with Crippen LogP contribution in [-0.4, -0.2) is 4.99 Å². The van der Waals surface area contributed by atoms with Gasteiger partial charge in [0.05, 0.1) is 10.2 Å². The Morgan fingerprint density at radius 1 is 1.05 bits per heavy atom. The lowest BCUT2D eigenvalue weighted by atomic mass is 10.1. The Bertz CT molecular complexity index is 692. The van der Waals surface area contributed by atoms with Crippen LogP contribution in [0.4, 0.5) is 20.2 Å². The molecule has 0 spiro atoms. The normalized spacial score (nSPS) is 10.4. The third-order valence-electron chi connectivity index (χ3n) is 2.54. The largest absolute Gasteiger partial charge is 0.389 e. The number of benzene rings is 2. The van der Waals surface area contributed by atoms with Crippen LogP contribution >= 0.6 is 44.1 Å². The van der Waals surface area contributed by atoms with Crippen LogP contribution in [0, 0.1) is 11.6 Å². The smallest absolute Gasteiger partial charge is 0.149 e. The summed E-state index contributed by atoms with van der Waals surface area (Å²) in [5, 5.41) is 2.86. The van der Waals surface area contributed by atoms with Gasteiger partial charge in [-0.15, -0.1) is 0 Å². The molecule has 20 heavy (non-hydrogen) atoms. The van der Waals surface area contributed by atoms with Crippen molar-refractivity contribution in [3.63, 3.8) is 0 Å². The fourth-order valence-corrected chi connectivity index (χ4v) is 2.92. The van der Waals surface area contributed by atoms with Crippen molar-refractivity contribution < 1.29 is 8.78 Å². The van der Waals surface area contributed by atoms with Gasteiger partial charge in [-0.05, 0) is 50.1 Å². The lowest BCUT2D eigenvalue weighted by Gasteiger charge is -2.14. The zero-order chi connectivity index (χ0) is 14.9. The first kappa shape index (κ1) is 15.3. The number of thiocarbonyl (C=S) groups is 1. The molecule has 3 N–H and O–H groups in total. The van der Waals surface area contributed by atoms with Crippen LogP contribution in [0.25, 0.3) is 0 Å². The summed E-state index contributed by atoms with van der Waals surface area (Å²) in [4.78, 5) is 0.168. The Kier molecular flexibility index (Phi) is 4.72. The van der Waals surface area contributed by atoms with E-state index in [4.69, 9.17) is 18.0 Å². The fourth-order valence-electron chi connectivity index (χ4n) is 1.64. The summed E-state index contributed by atoms with van der Waals surface area (Å²) < 4.78 is 27.8. The second kappa shape index (κ2) is 6.15. The van der Waals surface area contributed by atoms with Crippen LogP contribution in [0.15, 0.2) is 39.3 Å². The zero-order valence-corrected chi connectivity index (χ0v) is 13.9. The topological polar surface area (TPSA) is 38.0 Å². The molecule has 0 unspecified atom stereocenters. The quantitative estimate of drug-likeness (QED) is 0.548. The molecular weight excluding hydrogens is 414 g/mol. The summed E-state index contributed by atoms with van der Waals surface area (Å²) in [5.41, 5.74) is 6.87. The number of nitrogens with one attached hydrogen (secondary N) is 1. The molecule has 2 rings (SSSR count). The summed E-state index contributed by atoms with van der Waals surface area (Å²) in [7, 11) is 0. The first-order chi connectivity index (χ1) is 9.40. The number of hydrogen-bond donors (Lipinski definition) is 2. The van der Waals surface area contributed by atoms with Crippen LogP contribution < -0.4 is 11.1 Å². The van der Waals surface area contributed by atoms with E-state index in [0.29, 0.717) is 15.7 Å². The van der Waals surface area contributed by atoms with Gasteiger partial charge in [0, 0.05) is 21.8 Å². The number of anilines is 2. The molecule has 0 aliphatic heterocycles. The molecule has 0 aliphatic rings. The molecule has 0 heterocycles. The van der Waals surface area contributed by atoms with Gasteiger partial charge in [0.2, 0.25) is 0 Å². The van der Waals surface area contributed by atoms with Gasteiger partial charge < -0.3 is 11.1 Å². The predicted octanol–water partition coefficient (Wildman–Crippen LogP) is 4.87. The molecule has 0 aromatic heterocycles. The molecule has 2 aromatic carbocycles. The summed E-state index contributed by atoms with van der Waals surface area (Å²) >= 11 is 11.3. The van der Waals surface area contributed by atoms with Crippen molar-refractivity contribution in [2.45, 2.75) is 0 Å². The van der Waals surface area contributed by atoms with Crippen LogP contribution in [0.1, 0.15) is 5.56 Å². The van der Waals surface area contributed by atoms with Gasteiger partial charge in [-0.2, -0.15) is 0 Å². The van der Waals surface area contributed by atoms with E-state index in [1.165, 1.54) is 6.07 Å². The molecular formula is C13H8Br2F2N2S. The van der Waals surface area contributed by atoms with Gasteiger partial charge in [-0.3, -0.25) is 0 Å². The highest BCUT2D eigenvalue weighted by Crippen LogP contribution is 2.30. The van der Waals surface area contributed by atoms with E-state index in [0.717, 1.165) is 6.07 Å². The Hall–Kier alpha value is -1.05. The molecule has 0 bridgehead atoms. The van der Waals surface area contributed by atoms with Gasteiger partial charge >= 0.3 is 0 Å². The van der Waals surface area contributed by atoms with Crippen LogP contribution in [-0.2, 0) is 0 Å². The Labute approximate surface area is 136 Å². The summed E-state index contributed by atoms with van der Waals surface area (Å²) in [5.74, 6) is -1.38. The second-order valence-corrected chi connectivity index (χ2v) is 6.05. The van der Waals surface area contributed by atoms with E-state index in [9.17, 15) is 8.78 Å². The maximum Gasteiger partial charge on any atom is 0.149 e. The van der Waals surface area contributed by atoms with Gasteiger partial charge in [-0.1, -0.05) is 18.3 Å². The highest BCUT2D eigenvalue weighted by molar-refractivity contribution is 9.10. The van der Waals surface area contributed by atoms with Crippen LogP contribution in [0.3, 0.4) is 0 Å². The Balaban J connectivity index is 2.48. The minimum atomic E-state index is -0.709. The van der Waals surface area contributed by atoms with Crippen molar-refractivity contribution in [1.82, 2.24) is 0 Å². The van der Waals surface area contributed by atoms with E-state index >= 15 is 0 Å². The summed E-state index contributed by atoms with van der Waals surface area (Å²) in [6.45, 7) is 0. The van der Waals surface area contributed by atoms with E-state index in [2.05, 4.69) is 37.2 Å². The zero-order valence-electron chi connectivity index (χ0n) is 9.88. The van der Waals surface area contributed by atoms with Crippen molar-refractivity contribution in [3.05, 3.63) is 56.5 Å². The molecule has 0 saturated heterocycles. The number of halogens is 4.